The number of anilines is 1. The Labute approximate surface area is 127 Å². The normalized spacial score (nSPS) is 10.7. The first-order valence-electron chi connectivity index (χ1n) is 6.68. The fourth-order valence-electron chi connectivity index (χ4n) is 2.19. The van der Waals surface area contributed by atoms with Gasteiger partial charge in [0, 0.05) is 22.5 Å². The van der Waals surface area contributed by atoms with E-state index in [1.165, 1.54) is 0 Å². The maximum absolute atomic E-state index is 12.0. The predicted octanol–water partition coefficient (Wildman–Crippen LogP) is 3.79. The number of hydrogen-bond acceptors (Lipinski definition) is 2. The molecular weight excluding hydrogens is 286 g/mol. The summed E-state index contributed by atoms with van der Waals surface area (Å²) in [7, 11) is 0. The Hall–Kier alpha value is -2.33. The van der Waals surface area contributed by atoms with E-state index in [0.717, 1.165) is 22.2 Å². The zero-order valence-electron chi connectivity index (χ0n) is 11.3. The SMILES string of the molecule is O=C(CCc1cccc(Cl)c1)Nc1ccc2cn[nH]c2c1. The Morgan fingerprint density at radius 1 is 1.24 bits per heavy atom. The van der Waals surface area contributed by atoms with Crippen LogP contribution in [-0.4, -0.2) is 16.1 Å². The molecule has 0 unspecified atom stereocenters. The van der Waals surface area contributed by atoms with Crippen LogP contribution in [0.2, 0.25) is 5.02 Å². The standard InChI is InChI=1S/C16H14ClN3O/c17-13-3-1-2-11(8-13)4-7-16(21)19-14-6-5-12-10-18-20-15(12)9-14/h1-3,5-6,8-10H,4,7H2,(H,18,20)(H,19,21). The Morgan fingerprint density at radius 3 is 3.00 bits per heavy atom. The minimum atomic E-state index is -0.0196. The van der Waals surface area contributed by atoms with Gasteiger partial charge in [0.25, 0.3) is 0 Å². The first-order chi connectivity index (χ1) is 10.2. The van der Waals surface area contributed by atoms with E-state index in [9.17, 15) is 4.79 Å². The van der Waals surface area contributed by atoms with Crippen LogP contribution in [-0.2, 0) is 11.2 Å². The number of halogens is 1. The van der Waals surface area contributed by atoms with E-state index < -0.39 is 0 Å². The van der Waals surface area contributed by atoms with Crippen LogP contribution in [0.15, 0.2) is 48.7 Å². The van der Waals surface area contributed by atoms with Crippen molar-refractivity contribution < 1.29 is 4.79 Å². The third-order valence-electron chi connectivity index (χ3n) is 3.26. The van der Waals surface area contributed by atoms with E-state index in [2.05, 4.69) is 15.5 Å². The van der Waals surface area contributed by atoms with Gasteiger partial charge in [0.15, 0.2) is 0 Å². The first-order valence-corrected chi connectivity index (χ1v) is 7.06. The van der Waals surface area contributed by atoms with Crippen LogP contribution in [0.3, 0.4) is 0 Å². The van der Waals surface area contributed by atoms with Crippen LogP contribution in [0, 0.1) is 0 Å². The molecule has 3 aromatic rings. The van der Waals surface area contributed by atoms with Gasteiger partial charge in [-0.05, 0) is 42.3 Å². The van der Waals surface area contributed by atoms with Gasteiger partial charge in [-0.1, -0.05) is 23.7 Å². The number of H-pyrrole nitrogens is 1. The smallest absolute Gasteiger partial charge is 0.224 e. The molecule has 0 aliphatic carbocycles. The van der Waals surface area contributed by atoms with Crippen molar-refractivity contribution in [1.82, 2.24) is 10.2 Å². The van der Waals surface area contributed by atoms with Crippen molar-refractivity contribution in [3.05, 3.63) is 59.2 Å². The average molecular weight is 300 g/mol. The molecule has 0 aliphatic rings. The molecule has 2 aromatic carbocycles. The fraction of sp³-hybridized carbons (Fsp3) is 0.125. The third kappa shape index (κ3) is 3.41. The lowest BCUT2D eigenvalue weighted by Gasteiger charge is -2.05. The Balaban J connectivity index is 1.60. The van der Waals surface area contributed by atoms with E-state index in [1.54, 1.807) is 6.20 Å². The van der Waals surface area contributed by atoms with E-state index in [0.29, 0.717) is 17.9 Å². The number of aryl methyl sites for hydroxylation is 1. The van der Waals surface area contributed by atoms with Gasteiger partial charge >= 0.3 is 0 Å². The Bertz CT molecular complexity index is 782. The number of carbonyl (C=O) groups is 1. The molecule has 4 nitrogen and oxygen atoms in total. The van der Waals surface area contributed by atoms with Gasteiger partial charge in [0.05, 0.1) is 11.7 Å². The van der Waals surface area contributed by atoms with Gasteiger partial charge in [0.1, 0.15) is 0 Å². The van der Waals surface area contributed by atoms with Crippen molar-refractivity contribution in [2.45, 2.75) is 12.8 Å². The molecule has 0 fully saturated rings. The van der Waals surface area contributed by atoms with E-state index in [4.69, 9.17) is 11.6 Å². The van der Waals surface area contributed by atoms with E-state index >= 15 is 0 Å². The zero-order chi connectivity index (χ0) is 14.7. The van der Waals surface area contributed by atoms with Crippen molar-refractivity contribution in [2.75, 3.05) is 5.32 Å². The second-order valence-corrected chi connectivity index (χ2v) is 5.29. The molecule has 1 heterocycles. The minimum absolute atomic E-state index is 0.0196. The molecule has 21 heavy (non-hydrogen) atoms. The molecule has 5 heteroatoms. The number of nitrogens with zero attached hydrogens (tertiary/aromatic N) is 1. The number of aromatic nitrogens is 2. The molecule has 0 atom stereocenters. The zero-order valence-corrected chi connectivity index (χ0v) is 12.0. The van der Waals surface area contributed by atoms with Crippen molar-refractivity contribution in [2.24, 2.45) is 0 Å². The lowest BCUT2D eigenvalue weighted by atomic mass is 10.1. The maximum atomic E-state index is 12.0. The summed E-state index contributed by atoms with van der Waals surface area (Å²) in [6.07, 6.45) is 2.83. The average Bonchev–Trinajstić information content (AvgIpc) is 2.93. The van der Waals surface area contributed by atoms with Gasteiger partial charge in [-0.2, -0.15) is 5.10 Å². The summed E-state index contributed by atoms with van der Waals surface area (Å²) in [6, 6.07) is 13.2. The largest absolute Gasteiger partial charge is 0.326 e. The molecular formula is C16H14ClN3O. The molecule has 1 aromatic heterocycles. The van der Waals surface area contributed by atoms with Crippen LogP contribution in [0.4, 0.5) is 5.69 Å². The van der Waals surface area contributed by atoms with Crippen molar-refractivity contribution in [3.63, 3.8) is 0 Å². The summed E-state index contributed by atoms with van der Waals surface area (Å²) in [6.45, 7) is 0. The predicted molar refractivity (Wildman–Crippen MR) is 84.5 cm³/mol. The van der Waals surface area contributed by atoms with Crippen LogP contribution >= 0.6 is 11.6 Å². The number of nitrogens with one attached hydrogen (secondary N) is 2. The van der Waals surface area contributed by atoms with E-state index in [-0.39, 0.29) is 5.91 Å². The Morgan fingerprint density at radius 2 is 2.14 bits per heavy atom. The number of amides is 1. The molecule has 0 saturated heterocycles. The number of rotatable bonds is 4. The van der Waals surface area contributed by atoms with Gasteiger partial charge in [-0.3, -0.25) is 9.89 Å². The number of benzene rings is 2. The fourth-order valence-corrected chi connectivity index (χ4v) is 2.40. The quantitative estimate of drug-likeness (QED) is 0.770. The van der Waals surface area contributed by atoms with Crippen molar-refractivity contribution in [3.8, 4) is 0 Å². The summed E-state index contributed by atoms with van der Waals surface area (Å²) in [5.41, 5.74) is 2.73. The molecule has 1 amide bonds. The molecule has 0 bridgehead atoms. The molecule has 0 radical (unpaired) electrons. The molecule has 106 valence electrons. The van der Waals surface area contributed by atoms with Crippen molar-refractivity contribution >= 4 is 34.1 Å². The summed E-state index contributed by atoms with van der Waals surface area (Å²) < 4.78 is 0. The molecule has 2 N–H and O–H groups in total. The van der Waals surface area contributed by atoms with Crippen molar-refractivity contribution in [1.29, 1.82) is 0 Å². The van der Waals surface area contributed by atoms with Crippen LogP contribution in [0.1, 0.15) is 12.0 Å². The number of fused-ring (bicyclic) bond motifs is 1. The monoisotopic (exact) mass is 299 g/mol. The minimum Gasteiger partial charge on any atom is -0.326 e. The number of hydrogen-bond donors (Lipinski definition) is 2. The molecule has 0 aliphatic heterocycles. The van der Waals surface area contributed by atoms with Gasteiger partial charge in [0.2, 0.25) is 5.91 Å². The van der Waals surface area contributed by atoms with Gasteiger partial charge in [-0.15, -0.1) is 0 Å². The van der Waals surface area contributed by atoms with Crippen LogP contribution in [0.25, 0.3) is 10.9 Å². The highest BCUT2D eigenvalue weighted by Gasteiger charge is 2.05. The summed E-state index contributed by atoms with van der Waals surface area (Å²) >= 11 is 5.92. The molecule has 0 saturated carbocycles. The summed E-state index contributed by atoms with van der Waals surface area (Å²) in [5.74, 6) is -0.0196. The summed E-state index contributed by atoms with van der Waals surface area (Å²) in [4.78, 5) is 12.0. The highest BCUT2D eigenvalue weighted by atomic mass is 35.5. The lowest BCUT2D eigenvalue weighted by Crippen LogP contribution is -2.12. The maximum Gasteiger partial charge on any atom is 0.224 e. The second-order valence-electron chi connectivity index (χ2n) is 4.85. The van der Waals surface area contributed by atoms with E-state index in [1.807, 2.05) is 42.5 Å². The summed E-state index contributed by atoms with van der Waals surface area (Å²) in [5, 5.41) is 11.4. The third-order valence-corrected chi connectivity index (χ3v) is 3.49. The second kappa shape index (κ2) is 5.97. The molecule has 0 spiro atoms. The molecule has 3 rings (SSSR count). The highest BCUT2D eigenvalue weighted by Crippen LogP contribution is 2.17. The highest BCUT2D eigenvalue weighted by molar-refractivity contribution is 6.30. The van der Waals surface area contributed by atoms with Crippen LogP contribution in [0.5, 0.6) is 0 Å². The van der Waals surface area contributed by atoms with Crippen LogP contribution < -0.4 is 5.32 Å². The lowest BCUT2D eigenvalue weighted by molar-refractivity contribution is -0.116. The first kappa shape index (κ1) is 13.6. The van der Waals surface area contributed by atoms with Gasteiger partial charge < -0.3 is 5.32 Å². The number of carbonyl (C=O) groups excluding carboxylic acids is 1. The van der Waals surface area contributed by atoms with Gasteiger partial charge in [-0.25, -0.2) is 0 Å². The number of aromatic amines is 1. The Kier molecular flexibility index (Phi) is 3.88. The topological polar surface area (TPSA) is 57.8 Å².